The number of pyridine rings is 1. The number of hydrogen-bond donors (Lipinski definition) is 1. The number of anilines is 1. The molecule has 0 bridgehead atoms. The van der Waals surface area contributed by atoms with Crippen LogP contribution in [-0.2, 0) is 0 Å². The summed E-state index contributed by atoms with van der Waals surface area (Å²) in [4.78, 5) is 6.82. The Morgan fingerprint density at radius 1 is 1.38 bits per heavy atom. The van der Waals surface area contributed by atoms with Crippen LogP contribution in [-0.4, -0.2) is 29.3 Å². The second kappa shape index (κ2) is 5.30. The third-order valence-corrected chi connectivity index (χ3v) is 3.27. The maximum Gasteiger partial charge on any atom is 0.129 e. The molecule has 0 radical (unpaired) electrons. The molecule has 0 saturated heterocycles. The smallest absolute Gasteiger partial charge is 0.129 e. The van der Waals surface area contributed by atoms with E-state index in [4.69, 9.17) is 5.11 Å². The normalized spacial score (nSPS) is 16.6. The molecule has 0 aromatic carbocycles. The summed E-state index contributed by atoms with van der Waals surface area (Å²) < 4.78 is 0. The molecular weight excluding hydrogens is 200 g/mol. The van der Waals surface area contributed by atoms with Crippen LogP contribution in [0.1, 0.15) is 31.4 Å². The van der Waals surface area contributed by atoms with Gasteiger partial charge in [0.05, 0.1) is 6.61 Å². The van der Waals surface area contributed by atoms with Crippen LogP contribution in [0.25, 0.3) is 0 Å². The zero-order chi connectivity index (χ0) is 11.4. The number of aryl methyl sites for hydroxylation is 1. The zero-order valence-corrected chi connectivity index (χ0v) is 9.89. The van der Waals surface area contributed by atoms with Gasteiger partial charge in [-0.2, -0.15) is 0 Å². The van der Waals surface area contributed by atoms with E-state index in [-0.39, 0.29) is 6.61 Å². The van der Waals surface area contributed by atoms with Gasteiger partial charge >= 0.3 is 0 Å². The molecule has 3 heteroatoms. The Bertz CT molecular complexity index is 334. The standard InChI is InChI=1S/C13H20N2O/c1-11-5-4-8-13(14-11)15(9-10-16)12-6-2-3-7-12/h4-5,8,12,16H,2-3,6-7,9-10H2,1H3. The van der Waals surface area contributed by atoms with Gasteiger partial charge in [0.1, 0.15) is 5.82 Å². The molecule has 2 rings (SSSR count). The van der Waals surface area contributed by atoms with Gasteiger partial charge in [0, 0.05) is 18.3 Å². The van der Waals surface area contributed by atoms with Crippen molar-refractivity contribution in [2.24, 2.45) is 0 Å². The molecule has 88 valence electrons. The topological polar surface area (TPSA) is 36.4 Å². The molecule has 0 amide bonds. The number of hydrogen-bond acceptors (Lipinski definition) is 3. The molecule has 0 atom stereocenters. The predicted molar refractivity (Wildman–Crippen MR) is 65.7 cm³/mol. The number of aliphatic hydroxyl groups is 1. The molecule has 0 aliphatic heterocycles. The Hall–Kier alpha value is -1.09. The van der Waals surface area contributed by atoms with E-state index < -0.39 is 0 Å². The van der Waals surface area contributed by atoms with Crippen LogP contribution < -0.4 is 4.90 Å². The minimum Gasteiger partial charge on any atom is -0.395 e. The minimum atomic E-state index is 0.201. The van der Waals surface area contributed by atoms with Crippen LogP contribution in [0, 0.1) is 6.92 Å². The second-order valence-electron chi connectivity index (χ2n) is 4.49. The summed E-state index contributed by atoms with van der Waals surface area (Å²) in [5.41, 5.74) is 1.04. The predicted octanol–water partition coefficient (Wildman–Crippen LogP) is 2.13. The van der Waals surface area contributed by atoms with Crippen LogP contribution in [0.15, 0.2) is 18.2 Å². The first-order valence-electron chi connectivity index (χ1n) is 6.12. The first kappa shape index (κ1) is 11.4. The van der Waals surface area contributed by atoms with Gasteiger partial charge in [-0.15, -0.1) is 0 Å². The van der Waals surface area contributed by atoms with Gasteiger partial charge in [-0.05, 0) is 31.9 Å². The highest BCUT2D eigenvalue weighted by molar-refractivity contribution is 5.40. The van der Waals surface area contributed by atoms with Crippen LogP contribution >= 0.6 is 0 Å². The first-order valence-corrected chi connectivity index (χ1v) is 6.12. The summed E-state index contributed by atoms with van der Waals surface area (Å²) in [5, 5.41) is 9.16. The highest BCUT2D eigenvalue weighted by atomic mass is 16.3. The molecule has 1 saturated carbocycles. The average Bonchev–Trinajstić information content (AvgIpc) is 2.79. The van der Waals surface area contributed by atoms with Gasteiger partial charge in [-0.25, -0.2) is 4.98 Å². The van der Waals surface area contributed by atoms with Crippen LogP contribution in [0.3, 0.4) is 0 Å². The summed E-state index contributed by atoms with van der Waals surface area (Å²) in [6.07, 6.45) is 5.07. The summed E-state index contributed by atoms with van der Waals surface area (Å²) in [6, 6.07) is 6.66. The van der Waals surface area contributed by atoms with Crippen molar-refractivity contribution in [2.45, 2.75) is 38.6 Å². The van der Waals surface area contributed by atoms with Gasteiger partial charge in [0.25, 0.3) is 0 Å². The maximum absolute atomic E-state index is 9.16. The van der Waals surface area contributed by atoms with Crippen molar-refractivity contribution in [1.29, 1.82) is 0 Å². The quantitative estimate of drug-likeness (QED) is 0.844. The Balaban J connectivity index is 2.17. The lowest BCUT2D eigenvalue weighted by molar-refractivity contribution is 0.297. The third-order valence-electron chi connectivity index (χ3n) is 3.27. The molecule has 1 aliphatic rings. The molecule has 1 N–H and O–H groups in total. The summed E-state index contributed by atoms with van der Waals surface area (Å²) >= 11 is 0. The van der Waals surface area contributed by atoms with Crippen LogP contribution in [0.2, 0.25) is 0 Å². The highest BCUT2D eigenvalue weighted by Crippen LogP contribution is 2.26. The molecule has 0 unspecified atom stereocenters. The van der Waals surface area contributed by atoms with Crippen LogP contribution in [0.4, 0.5) is 5.82 Å². The lowest BCUT2D eigenvalue weighted by atomic mass is 10.2. The Kier molecular flexibility index (Phi) is 3.78. The molecule has 1 aromatic rings. The van der Waals surface area contributed by atoms with Gasteiger partial charge in [-0.1, -0.05) is 18.9 Å². The Labute approximate surface area is 97.1 Å². The van der Waals surface area contributed by atoms with E-state index in [1.165, 1.54) is 25.7 Å². The average molecular weight is 220 g/mol. The van der Waals surface area contributed by atoms with E-state index in [1.54, 1.807) is 0 Å². The van der Waals surface area contributed by atoms with Crippen molar-refractivity contribution >= 4 is 5.82 Å². The van der Waals surface area contributed by atoms with Crippen molar-refractivity contribution in [3.8, 4) is 0 Å². The number of aliphatic hydroxyl groups excluding tert-OH is 1. The van der Waals surface area contributed by atoms with Crippen molar-refractivity contribution in [2.75, 3.05) is 18.1 Å². The van der Waals surface area contributed by atoms with Gasteiger partial charge < -0.3 is 10.0 Å². The fourth-order valence-electron chi connectivity index (χ4n) is 2.50. The van der Waals surface area contributed by atoms with Gasteiger partial charge in [0.15, 0.2) is 0 Å². The molecule has 1 fully saturated rings. The fourth-order valence-corrected chi connectivity index (χ4v) is 2.50. The van der Waals surface area contributed by atoms with Crippen molar-refractivity contribution in [3.05, 3.63) is 23.9 Å². The molecule has 1 aromatic heterocycles. The Morgan fingerprint density at radius 3 is 2.75 bits per heavy atom. The monoisotopic (exact) mass is 220 g/mol. The van der Waals surface area contributed by atoms with E-state index >= 15 is 0 Å². The SMILES string of the molecule is Cc1cccc(N(CCO)C2CCCC2)n1. The third kappa shape index (κ3) is 2.53. The van der Waals surface area contributed by atoms with Gasteiger partial charge in [0.2, 0.25) is 0 Å². The van der Waals surface area contributed by atoms with Crippen molar-refractivity contribution in [1.82, 2.24) is 4.98 Å². The van der Waals surface area contributed by atoms with E-state index in [9.17, 15) is 0 Å². The molecule has 16 heavy (non-hydrogen) atoms. The summed E-state index contributed by atoms with van der Waals surface area (Å²) in [7, 11) is 0. The molecule has 1 aliphatic carbocycles. The zero-order valence-electron chi connectivity index (χ0n) is 9.89. The maximum atomic E-state index is 9.16. The largest absolute Gasteiger partial charge is 0.395 e. The highest BCUT2D eigenvalue weighted by Gasteiger charge is 2.23. The van der Waals surface area contributed by atoms with Crippen molar-refractivity contribution in [3.63, 3.8) is 0 Å². The van der Waals surface area contributed by atoms with Crippen molar-refractivity contribution < 1.29 is 5.11 Å². The lowest BCUT2D eigenvalue weighted by Gasteiger charge is -2.29. The first-order chi connectivity index (χ1) is 7.81. The fraction of sp³-hybridized carbons (Fsp3) is 0.615. The number of nitrogens with zero attached hydrogens (tertiary/aromatic N) is 2. The minimum absolute atomic E-state index is 0.201. The van der Waals surface area contributed by atoms with Gasteiger partial charge in [-0.3, -0.25) is 0 Å². The van der Waals surface area contributed by atoms with E-state index in [2.05, 4.69) is 9.88 Å². The second-order valence-corrected chi connectivity index (χ2v) is 4.49. The molecule has 0 spiro atoms. The summed E-state index contributed by atoms with van der Waals surface area (Å²) in [5.74, 6) is 1.01. The number of rotatable bonds is 4. The lowest BCUT2D eigenvalue weighted by Crippen LogP contribution is -2.36. The van der Waals surface area contributed by atoms with E-state index in [0.717, 1.165) is 11.5 Å². The van der Waals surface area contributed by atoms with E-state index in [1.807, 2.05) is 25.1 Å². The molecular formula is C13H20N2O. The van der Waals surface area contributed by atoms with E-state index in [0.29, 0.717) is 12.6 Å². The molecule has 3 nitrogen and oxygen atoms in total. The molecule has 1 heterocycles. The van der Waals surface area contributed by atoms with Crippen LogP contribution in [0.5, 0.6) is 0 Å². The number of aromatic nitrogens is 1. The summed E-state index contributed by atoms with van der Waals surface area (Å²) in [6.45, 7) is 2.91. The Morgan fingerprint density at radius 2 is 2.12 bits per heavy atom.